The molecule has 0 spiro atoms. The number of sulfonamides is 1. The summed E-state index contributed by atoms with van der Waals surface area (Å²) < 4.78 is 53.6. The molecule has 1 heterocycles. The molecular weight excluding hydrogens is 412 g/mol. The standard InChI is InChI=1S/C21H21F2N3O3S/c1-26(12-21(27)25-20-8-6-13(22)10-17(20)23)30(28,29)14-7-9-19-16(11-14)15-4-2-3-5-18(15)24-19/h6-11,24H,2-5,12H2,1H3,(H,25,27). The number of H-pyrrole nitrogens is 1. The molecule has 0 saturated carbocycles. The third-order valence-electron chi connectivity index (χ3n) is 5.35. The fourth-order valence-corrected chi connectivity index (χ4v) is 4.95. The van der Waals surface area contributed by atoms with Gasteiger partial charge in [-0.05, 0) is 61.6 Å². The van der Waals surface area contributed by atoms with Crippen LogP contribution < -0.4 is 5.32 Å². The van der Waals surface area contributed by atoms with Gasteiger partial charge in [0, 0.05) is 29.7 Å². The van der Waals surface area contributed by atoms with Gasteiger partial charge in [0.05, 0.1) is 17.1 Å². The number of nitrogens with zero attached hydrogens (tertiary/aromatic N) is 1. The second kappa shape index (κ2) is 7.81. The number of nitrogens with one attached hydrogen (secondary N) is 2. The number of benzene rings is 2. The summed E-state index contributed by atoms with van der Waals surface area (Å²) in [6.07, 6.45) is 4.03. The smallest absolute Gasteiger partial charge is 0.243 e. The Balaban J connectivity index is 1.54. The summed E-state index contributed by atoms with van der Waals surface area (Å²) in [6.45, 7) is -0.511. The Morgan fingerprint density at radius 1 is 1.13 bits per heavy atom. The van der Waals surface area contributed by atoms with E-state index >= 15 is 0 Å². The van der Waals surface area contributed by atoms with Crippen molar-refractivity contribution in [3.8, 4) is 0 Å². The van der Waals surface area contributed by atoms with Crippen LogP contribution in [-0.2, 0) is 27.7 Å². The molecule has 1 amide bonds. The lowest BCUT2D eigenvalue weighted by molar-refractivity contribution is -0.116. The maximum absolute atomic E-state index is 13.7. The first-order chi connectivity index (χ1) is 14.3. The summed E-state index contributed by atoms with van der Waals surface area (Å²) in [5.74, 6) is -2.43. The summed E-state index contributed by atoms with van der Waals surface area (Å²) in [5, 5.41) is 3.15. The maximum atomic E-state index is 13.7. The van der Waals surface area contributed by atoms with Gasteiger partial charge in [-0.1, -0.05) is 0 Å². The summed E-state index contributed by atoms with van der Waals surface area (Å²) in [4.78, 5) is 15.7. The molecule has 0 aliphatic heterocycles. The normalized spacial score (nSPS) is 14.1. The molecular formula is C21H21F2N3O3S. The predicted molar refractivity (Wildman–Crippen MR) is 110 cm³/mol. The lowest BCUT2D eigenvalue weighted by atomic mass is 9.96. The van der Waals surface area contributed by atoms with Crippen molar-refractivity contribution >= 4 is 32.5 Å². The van der Waals surface area contributed by atoms with Crippen LogP contribution in [0, 0.1) is 11.6 Å². The first-order valence-electron chi connectivity index (χ1n) is 9.60. The Bertz CT molecular complexity index is 1240. The minimum absolute atomic E-state index is 0.0886. The summed E-state index contributed by atoms with van der Waals surface area (Å²) >= 11 is 0. The van der Waals surface area contributed by atoms with E-state index < -0.39 is 34.1 Å². The molecule has 158 valence electrons. The third-order valence-corrected chi connectivity index (χ3v) is 7.15. The first-order valence-corrected chi connectivity index (χ1v) is 11.0. The summed E-state index contributed by atoms with van der Waals surface area (Å²) in [6, 6.07) is 7.62. The third kappa shape index (κ3) is 3.82. The van der Waals surface area contributed by atoms with Crippen molar-refractivity contribution in [2.24, 2.45) is 0 Å². The minimum atomic E-state index is -3.93. The largest absolute Gasteiger partial charge is 0.358 e. The molecule has 4 rings (SSSR count). The molecule has 1 aliphatic carbocycles. The lowest BCUT2D eigenvalue weighted by Crippen LogP contribution is -2.35. The van der Waals surface area contributed by atoms with Crippen molar-refractivity contribution in [2.45, 2.75) is 30.6 Å². The Morgan fingerprint density at radius 3 is 2.67 bits per heavy atom. The van der Waals surface area contributed by atoms with Gasteiger partial charge in [0.2, 0.25) is 15.9 Å². The molecule has 0 fully saturated rings. The Hall–Kier alpha value is -2.78. The first kappa shape index (κ1) is 20.5. The van der Waals surface area contributed by atoms with Crippen molar-refractivity contribution in [2.75, 3.05) is 18.9 Å². The fraction of sp³-hybridized carbons (Fsp3) is 0.286. The second-order valence-electron chi connectivity index (χ2n) is 7.43. The number of aromatic amines is 1. The van der Waals surface area contributed by atoms with Crippen LogP contribution in [0.5, 0.6) is 0 Å². The van der Waals surface area contributed by atoms with Crippen molar-refractivity contribution < 1.29 is 22.0 Å². The number of hydrogen-bond donors (Lipinski definition) is 2. The predicted octanol–water partition coefficient (Wildman–Crippen LogP) is 3.58. The number of rotatable bonds is 5. The van der Waals surface area contributed by atoms with Gasteiger partial charge in [0.1, 0.15) is 11.6 Å². The molecule has 2 N–H and O–H groups in total. The van der Waals surface area contributed by atoms with E-state index in [4.69, 9.17) is 0 Å². The van der Waals surface area contributed by atoms with Crippen molar-refractivity contribution in [3.63, 3.8) is 0 Å². The SMILES string of the molecule is CN(CC(=O)Nc1ccc(F)cc1F)S(=O)(=O)c1ccc2[nH]c3c(c2c1)CCCC3. The minimum Gasteiger partial charge on any atom is -0.358 e. The molecule has 0 saturated heterocycles. The monoisotopic (exact) mass is 433 g/mol. The van der Waals surface area contributed by atoms with Crippen LogP contribution in [0.3, 0.4) is 0 Å². The number of anilines is 1. The molecule has 0 atom stereocenters. The van der Waals surface area contributed by atoms with Crippen LogP contribution >= 0.6 is 0 Å². The van der Waals surface area contributed by atoms with E-state index in [0.717, 1.165) is 64.3 Å². The van der Waals surface area contributed by atoms with E-state index in [1.807, 2.05) is 0 Å². The molecule has 30 heavy (non-hydrogen) atoms. The second-order valence-corrected chi connectivity index (χ2v) is 9.47. The Labute approximate surface area is 172 Å². The van der Waals surface area contributed by atoms with Gasteiger partial charge in [0.15, 0.2) is 0 Å². The number of aromatic nitrogens is 1. The number of likely N-dealkylation sites (N-methyl/N-ethyl adjacent to an activating group) is 1. The number of carbonyl (C=O) groups excluding carboxylic acids is 1. The summed E-state index contributed by atoms with van der Waals surface area (Å²) in [7, 11) is -2.65. The van der Waals surface area contributed by atoms with Gasteiger partial charge in [-0.15, -0.1) is 0 Å². The van der Waals surface area contributed by atoms with Crippen molar-refractivity contribution in [3.05, 3.63) is 59.3 Å². The molecule has 1 aromatic heterocycles. The van der Waals surface area contributed by atoms with Crippen LogP contribution in [0.1, 0.15) is 24.1 Å². The number of aryl methyl sites for hydroxylation is 2. The van der Waals surface area contributed by atoms with Gasteiger partial charge < -0.3 is 10.3 Å². The average molecular weight is 433 g/mol. The highest BCUT2D eigenvalue weighted by Crippen LogP contribution is 2.31. The summed E-state index contributed by atoms with van der Waals surface area (Å²) in [5.41, 5.74) is 2.99. The number of hydrogen-bond acceptors (Lipinski definition) is 3. The van der Waals surface area contributed by atoms with Crippen LogP contribution in [0.4, 0.5) is 14.5 Å². The van der Waals surface area contributed by atoms with Crippen molar-refractivity contribution in [1.29, 1.82) is 0 Å². The zero-order valence-electron chi connectivity index (χ0n) is 16.3. The lowest BCUT2D eigenvalue weighted by Gasteiger charge is -2.17. The zero-order valence-corrected chi connectivity index (χ0v) is 17.2. The van der Waals surface area contributed by atoms with Crippen LogP contribution in [0.25, 0.3) is 10.9 Å². The molecule has 0 radical (unpaired) electrons. The molecule has 0 unspecified atom stereocenters. The van der Waals surface area contributed by atoms with Gasteiger partial charge in [0.25, 0.3) is 0 Å². The fourth-order valence-electron chi connectivity index (χ4n) is 3.79. The number of amides is 1. The van der Waals surface area contributed by atoms with Gasteiger partial charge in [-0.2, -0.15) is 4.31 Å². The van der Waals surface area contributed by atoms with Gasteiger partial charge >= 0.3 is 0 Å². The molecule has 1 aliphatic rings. The highest BCUT2D eigenvalue weighted by atomic mass is 32.2. The molecule has 2 aromatic carbocycles. The highest BCUT2D eigenvalue weighted by molar-refractivity contribution is 7.89. The topological polar surface area (TPSA) is 82.3 Å². The Kier molecular flexibility index (Phi) is 5.33. The number of carbonyl (C=O) groups is 1. The maximum Gasteiger partial charge on any atom is 0.243 e. The molecule has 6 nitrogen and oxygen atoms in total. The van der Waals surface area contributed by atoms with Crippen LogP contribution in [0.2, 0.25) is 0 Å². The van der Waals surface area contributed by atoms with E-state index in [9.17, 15) is 22.0 Å². The molecule has 3 aromatic rings. The quantitative estimate of drug-likeness (QED) is 0.645. The zero-order chi connectivity index (χ0) is 21.5. The van der Waals surface area contributed by atoms with E-state index in [0.29, 0.717) is 6.07 Å². The van der Waals surface area contributed by atoms with Crippen LogP contribution in [-0.4, -0.2) is 37.2 Å². The van der Waals surface area contributed by atoms with E-state index in [-0.39, 0.29) is 10.6 Å². The number of fused-ring (bicyclic) bond motifs is 3. The molecule has 9 heteroatoms. The average Bonchev–Trinajstić information content (AvgIpc) is 3.08. The van der Waals surface area contributed by atoms with Crippen molar-refractivity contribution in [1.82, 2.24) is 9.29 Å². The highest BCUT2D eigenvalue weighted by Gasteiger charge is 2.25. The van der Waals surface area contributed by atoms with E-state index in [2.05, 4.69) is 10.3 Å². The van der Waals surface area contributed by atoms with Gasteiger partial charge in [-0.3, -0.25) is 4.79 Å². The molecule has 0 bridgehead atoms. The Morgan fingerprint density at radius 2 is 1.90 bits per heavy atom. The van der Waals surface area contributed by atoms with E-state index in [1.54, 1.807) is 12.1 Å². The number of halogens is 2. The van der Waals surface area contributed by atoms with E-state index in [1.165, 1.54) is 13.1 Å². The van der Waals surface area contributed by atoms with Gasteiger partial charge in [-0.25, -0.2) is 17.2 Å². The van der Waals surface area contributed by atoms with Crippen LogP contribution in [0.15, 0.2) is 41.3 Å².